The van der Waals surface area contributed by atoms with Crippen molar-refractivity contribution >= 4 is 11.8 Å². The van der Waals surface area contributed by atoms with Gasteiger partial charge in [-0.15, -0.1) is 0 Å². The van der Waals surface area contributed by atoms with Crippen molar-refractivity contribution in [3.05, 3.63) is 11.6 Å². The Kier molecular flexibility index (Phi) is 5.25. The van der Waals surface area contributed by atoms with E-state index in [1.807, 2.05) is 0 Å². The minimum absolute atomic E-state index is 0.170. The van der Waals surface area contributed by atoms with E-state index >= 15 is 0 Å². The number of aliphatic carboxylic acids is 1. The number of carbonyl (C=O) groups excluding carboxylic acids is 1. The number of ketones is 1. The summed E-state index contributed by atoms with van der Waals surface area (Å²) in [6.07, 6.45) is 6.53. The molecule has 0 aromatic heterocycles. The van der Waals surface area contributed by atoms with Gasteiger partial charge in [0.25, 0.3) is 0 Å². The van der Waals surface area contributed by atoms with Gasteiger partial charge in [0.1, 0.15) is 5.78 Å². The van der Waals surface area contributed by atoms with E-state index in [4.69, 9.17) is 0 Å². The Morgan fingerprint density at radius 1 is 0.943 bits per heavy atom. The van der Waals surface area contributed by atoms with Crippen LogP contribution in [0.3, 0.4) is 0 Å². The van der Waals surface area contributed by atoms with Gasteiger partial charge in [-0.1, -0.05) is 60.1 Å². The predicted molar refractivity (Wildman–Crippen MR) is 134 cm³/mol. The summed E-state index contributed by atoms with van der Waals surface area (Å²) in [6.45, 7) is 15.1. The molecule has 0 amide bonds. The first-order valence-corrected chi connectivity index (χ1v) is 13.8. The second kappa shape index (κ2) is 7.22. The summed E-state index contributed by atoms with van der Waals surface area (Å²) < 4.78 is 0. The molecule has 3 N–H and O–H groups in total. The van der Waals surface area contributed by atoms with E-state index in [1.54, 1.807) is 0 Å². The molecule has 0 spiro atoms. The van der Waals surface area contributed by atoms with Crippen LogP contribution >= 0.6 is 0 Å². The quantitative estimate of drug-likeness (QED) is 0.432. The van der Waals surface area contributed by atoms with E-state index in [0.717, 1.165) is 24.8 Å². The van der Waals surface area contributed by atoms with Crippen LogP contribution in [-0.4, -0.2) is 39.3 Å². The van der Waals surface area contributed by atoms with E-state index in [2.05, 4.69) is 54.5 Å². The van der Waals surface area contributed by atoms with Crippen molar-refractivity contribution in [2.75, 3.05) is 0 Å². The first-order chi connectivity index (χ1) is 16.0. The van der Waals surface area contributed by atoms with Gasteiger partial charge >= 0.3 is 5.97 Å². The molecule has 0 aliphatic heterocycles. The molecule has 35 heavy (non-hydrogen) atoms. The Morgan fingerprint density at radius 2 is 1.57 bits per heavy atom. The Hall–Kier alpha value is -1.20. The maximum atomic E-state index is 14.0. The van der Waals surface area contributed by atoms with E-state index in [1.165, 1.54) is 0 Å². The zero-order valence-electron chi connectivity index (χ0n) is 22.8. The van der Waals surface area contributed by atoms with Crippen molar-refractivity contribution in [1.29, 1.82) is 0 Å². The minimum Gasteiger partial charge on any atom is -0.481 e. The molecule has 9 unspecified atom stereocenters. The van der Waals surface area contributed by atoms with Gasteiger partial charge in [0.05, 0.1) is 17.6 Å². The summed E-state index contributed by atoms with van der Waals surface area (Å²) in [5.41, 5.74) is -1.46. The number of rotatable bonds is 1. The number of allylic oxidation sites excluding steroid dienone is 1. The highest BCUT2D eigenvalue weighted by atomic mass is 16.4. The molecular formula is C30H46O5. The summed E-state index contributed by atoms with van der Waals surface area (Å²) in [4.78, 5) is 26.8. The first-order valence-electron chi connectivity index (χ1n) is 13.8. The number of carboxylic acid groups (broad SMARTS) is 1. The van der Waals surface area contributed by atoms with Gasteiger partial charge in [-0.3, -0.25) is 9.59 Å². The lowest BCUT2D eigenvalue weighted by atomic mass is 9.33. The van der Waals surface area contributed by atoms with Gasteiger partial charge in [-0.05, 0) is 72.5 Å². The monoisotopic (exact) mass is 486 g/mol. The third-order valence-electron chi connectivity index (χ3n) is 12.9. The summed E-state index contributed by atoms with van der Waals surface area (Å²) in [6, 6.07) is 0. The molecule has 4 fully saturated rings. The summed E-state index contributed by atoms with van der Waals surface area (Å²) in [5.74, 6) is -0.815. The smallest absolute Gasteiger partial charge is 0.310 e. The molecule has 5 nitrogen and oxygen atoms in total. The Labute approximate surface area is 210 Å². The number of aliphatic hydroxyl groups excluding tert-OH is 2. The lowest BCUT2D eigenvalue weighted by Crippen LogP contribution is -2.68. The van der Waals surface area contributed by atoms with Crippen molar-refractivity contribution in [3.63, 3.8) is 0 Å². The topological polar surface area (TPSA) is 94.8 Å². The van der Waals surface area contributed by atoms with Gasteiger partial charge in [0.15, 0.2) is 0 Å². The maximum absolute atomic E-state index is 14.0. The van der Waals surface area contributed by atoms with E-state index < -0.39 is 34.9 Å². The van der Waals surface area contributed by atoms with Crippen molar-refractivity contribution in [2.45, 2.75) is 112 Å². The van der Waals surface area contributed by atoms with Crippen LogP contribution in [0.5, 0.6) is 0 Å². The van der Waals surface area contributed by atoms with Crippen LogP contribution in [0.1, 0.15) is 99.8 Å². The number of aliphatic hydroxyl groups is 2. The normalized spacial score (nSPS) is 52.3. The van der Waals surface area contributed by atoms with Gasteiger partial charge in [0.2, 0.25) is 0 Å². The molecule has 5 heteroatoms. The van der Waals surface area contributed by atoms with Crippen LogP contribution in [0.4, 0.5) is 0 Å². The molecule has 9 atom stereocenters. The van der Waals surface area contributed by atoms with Crippen LogP contribution in [0.25, 0.3) is 0 Å². The molecule has 0 bridgehead atoms. The third-order valence-corrected chi connectivity index (χ3v) is 12.9. The van der Waals surface area contributed by atoms with E-state index in [0.29, 0.717) is 32.1 Å². The predicted octanol–water partition coefficient (Wildman–Crippen LogP) is 5.38. The van der Waals surface area contributed by atoms with E-state index in [9.17, 15) is 24.9 Å². The zero-order valence-corrected chi connectivity index (χ0v) is 22.8. The first kappa shape index (κ1) is 25.4. The molecule has 0 aromatic rings. The maximum Gasteiger partial charge on any atom is 0.310 e. The standard InChI is InChI=1S/C30H46O5/c1-25(2)12-14-30(24(34)35)15-13-28(6)17(21(30)23(25)33)8-9-19-27(5)11-10-20(32)26(3,4)22(27)18(31)16-29(19,28)7/h8,19-23,32-33H,9-16H2,1-7H3,(H,34,35). The molecule has 0 heterocycles. The highest BCUT2D eigenvalue weighted by molar-refractivity contribution is 5.85. The highest BCUT2D eigenvalue weighted by Gasteiger charge is 2.72. The van der Waals surface area contributed by atoms with Crippen LogP contribution in [0.15, 0.2) is 11.6 Å². The molecule has 196 valence electrons. The Morgan fingerprint density at radius 3 is 2.20 bits per heavy atom. The summed E-state index contributed by atoms with van der Waals surface area (Å²) >= 11 is 0. The number of fused-ring (bicyclic) bond motifs is 7. The van der Waals surface area contributed by atoms with E-state index in [-0.39, 0.29) is 39.3 Å². The third kappa shape index (κ3) is 2.89. The number of hydrogen-bond acceptors (Lipinski definition) is 4. The molecule has 4 saturated carbocycles. The lowest BCUT2D eigenvalue weighted by Gasteiger charge is -2.70. The number of carbonyl (C=O) groups is 2. The molecule has 5 rings (SSSR count). The minimum atomic E-state index is -0.925. The summed E-state index contributed by atoms with van der Waals surface area (Å²) in [5, 5.41) is 33.0. The van der Waals surface area contributed by atoms with Gasteiger partial charge in [0, 0.05) is 23.7 Å². The number of hydrogen-bond donors (Lipinski definition) is 3. The fraction of sp³-hybridized carbons (Fsp3) is 0.867. The van der Waals surface area contributed by atoms with Crippen molar-refractivity contribution in [2.24, 2.45) is 50.2 Å². The second-order valence-electron chi connectivity index (χ2n) is 15.0. The second-order valence-corrected chi connectivity index (χ2v) is 15.0. The van der Waals surface area contributed by atoms with Crippen LogP contribution < -0.4 is 0 Å². The molecule has 0 saturated heterocycles. The van der Waals surface area contributed by atoms with Crippen LogP contribution in [0, 0.1) is 50.2 Å². The molecule has 5 aliphatic carbocycles. The fourth-order valence-corrected chi connectivity index (χ4v) is 10.5. The van der Waals surface area contributed by atoms with Crippen LogP contribution in [-0.2, 0) is 9.59 Å². The average Bonchev–Trinajstić information content (AvgIpc) is 2.74. The molecular weight excluding hydrogens is 440 g/mol. The summed E-state index contributed by atoms with van der Waals surface area (Å²) in [7, 11) is 0. The number of carboxylic acids is 1. The molecule has 5 aliphatic rings. The van der Waals surface area contributed by atoms with Gasteiger partial charge in [-0.25, -0.2) is 0 Å². The fourth-order valence-electron chi connectivity index (χ4n) is 10.5. The Bertz CT molecular complexity index is 995. The highest BCUT2D eigenvalue weighted by Crippen LogP contribution is 2.75. The van der Waals surface area contributed by atoms with Crippen LogP contribution in [0.2, 0.25) is 0 Å². The van der Waals surface area contributed by atoms with Gasteiger partial charge < -0.3 is 15.3 Å². The molecule has 0 radical (unpaired) electrons. The SMILES string of the molecule is CC1(C)CCC2(C(=O)O)CCC3(C)C(=CCC4C5(C)CCC(O)C(C)(C)C5C(=O)CC43C)C2C1O. The van der Waals surface area contributed by atoms with Gasteiger partial charge in [-0.2, -0.15) is 0 Å². The van der Waals surface area contributed by atoms with Crippen molar-refractivity contribution in [1.82, 2.24) is 0 Å². The average molecular weight is 487 g/mol. The van der Waals surface area contributed by atoms with Crippen molar-refractivity contribution < 1.29 is 24.9 Å². The van der Waals surface area contributed by atoms with Crippen molar-refractivity contribution in [3.8, 4) is 0 Å². The number of Topliss-reactive ketones (excluding diaryl/α,β-unsaturated/α-hetero) is 1. The zero-order chi connectivity index (χ0) is 26.0. The Balaban J connectivity index is 1.66. The molecule has 0 aromatic carbocycles. The lowest BCUT2D eigenvalue weighted by molar-refractivity contribution is -0.209. The largest absolute Gasteiger partial charge is 0.481 e.